The molecular weight excluding hydrogens is 1130 g/mol. The van der Waals surface area contributed by atoms with Gasteiger partial charge in [-0.15, -0.1) is 0 Å². The Hall–Kier alpha value is -1.99. The van der Waals surface area contributed by atoms with E-state index in [9.17, 15) is 61.0 Å². The molecule has 17 atom stereocenters. The van der Waals surface area contributed by atoms with Gasteiger partial charge in [0.25, 0.3) is 0 Å². The zero-order chi connectivity index (χ0) is 64.0. The average Bonchev–Trinajstić information content (AvgIpc) is 3.72. The van der Waals surface area contributed by atoms with Gasteiger partial charge in [-0.3, -0.25) is 4.79 Å². The summed E-state index contributed by atoms with van der Waals surface area (Å²) in [5, 5.41) is 120. The molecule has 0 aliphatic carbocycles. The summed E-state index contributed by atoms with van der Waals surface area (Å²) in [6, 6.07) is -0.981. The number of ether oxygens (including phenoxy) is 6. The van der Waals surface area contributed by atoms with Crippen molar-refractivity contribution in [2.45, 2.75) is 369 Å². The molecule has 0 aromatic heterocycles. The van der Waals surface area contributed by atoms with E-state index >= 15 is 0 Å². The van der Waals surface area contributed by atoms with Gasteiger partial charge < -0.3 is 89.9 Å². The molecule has 1 amide bonds. The summed E-state index contributed by atoms with van der Waals surface area (Å²) in [4.78, 5) is 13.4. The number of hydrogen-bond donors (Lipinski definition) is 12. The molecule has 3 rings (SSSR count). The molecule has 12 N–H and O–H groups in total. The van der Waals surface area contributed by atoms with Crippen LogP contribution in [0.1, 0.15) is 264 Å². The number of rotatable bonds is 54. The lowest BCUT2D eigenvalue weighted by Crippen LogP contribution is -2.66. The van der Waals surface area contributed by atoms with E-state index in [4.69, 9.17) is 28.4 Å². The van der Waals surface area contributed by atoms with Crippen LogP contribution in [0.5, 0.6) is 0 Å². The maximum Gasteiger partial charge on any atom is 0.220 e. The van der Waals surface area contributed by atoms with Gasteiger partial charge in [0.05, 0.1) is 38.6 Å². The van der Waals surface area contributed by atoms with Crippen molar-refractivity contribution in [1.82, 2.24) is 5.32 Å². The standard InChI is InChI=1S/C69H127NO18/c1-3-5-7-9-11-13-15-17-19-21-22-23-24-25-26-27-28-29-30-31-32-34-36-38-40-42-44-46-53(74)52(70-57(75)47-45-43-41-39-37-35-33-20-18-16-14-12-10-8-6-4-2)51-83-67-63(81)60(78)65(55(49-72)85-67)88-69-64(82)61(79)66(56(50-73)86-69)87-68-62(80)59(77)58(76)54(48-71)84-68/h14,16,20,33,44,46,52-56,58-69,71-74,76-82H,3-13,15,17-19,21-32,34-43,45,47-51H2,1-2H3,(H,70,75)/b16-14-,33-20-,46-44+. The van der Waals surface area contributed by atoms with Crippen molar-refractivity contribution in [3.8, 4) is 0 Å². The lowest BCUT2D eigenvalue weighted by atomic mass is 9.96. The Morgan fingerprint density at radius 3 is 1.17 bits per heavy atom. The molecule has 3 aliphatic heterocycles. The molecule has 3 aliphatic rings. The largest absolute Gasteiger partial charge is 0.394 e. The third kappa shape index (κ3) is 33.2. The summed E-state index contributed by atoms with van der Waals surface area (Å²) in [6.07, 6.45) is 32.7. The minimum absolute atomic E-state index is 0.228. The summed E-state index contributed by atoms with van der Waals surface area (Å²) >= 11 is 0. The molecule has 19 heteroatoms. The van der Waals surface area contributed by atoms with Gasteiger partial charge in [0.15, 0.2) is 18.9 Å². The van der Waals surface area contributed by atoms with Crippen LogP contribution >= 0.6 is 0 Å². The molecule has 88 heavy (non-hydrogen) atoms. The normalized spacial score (nSPS) is 28.6. The fourth-order valence-corrected chi connectivity index (χ4v) is 11.9. The van der Waals surface area contributed by atoms with Crippen LogP contribution in [0.25, 0.3) is 0 Å². The molecule has 3 heterocycles. The van der Waals surface area contributed by atoms with E-state index in [1.165, 1.54) is 167 Å². The van der Waals surface area contributed by atoms with Crippen LogP contribution in [0.3, 0.4) is 0 Å². The number of carbonyl (C=O) groups is 1. The van der Waals surface area contributed by atoms with Crippen LogP contribution in [0, 0.1) is 0 Å². The van der Waals surface area contributed by atoms with Crippen LogP contribution in [-0.2, 0) is 33.2 Å². The van der Waals surface area contributed by atoms with Gasteiger partial charge in [-0.05, 0) is 51.4 Å². The van der Waals surface area contributed by atoms with Gasteiger partial charge in [-0.25, -0.2) is 0 Å². The number of allylic oxidation sites excluding steroid dienone is 5. The summed E-state index contributed by atoms with van der Waals surface area (Å²) in [5.41, 5.74) is 0. The molecule has 19 nitrogen and oxygen atoms in total. The number of aliphatic hydroxyl groups excluding tert-OH is 11. The van der Waals surface area contributed by atoms with E-state index in [-0.39, 0.29) is 18.9 Å². The predicted octanol–water partition coefficient (Wildman–Crippen LogP) is 9.22. The number of unbranched alkanes of at least 4 members (excludes halogenated alkanes) is 34. The first-order valence-corrected chi connectivity index (χ1v) is 35.2. The Kier molecular flexibility index (Phi) is 46.9. The molecule has 0 aromatic rings. The smallest absolute Gasteiger partial charge is 0.220 e. The Bertz CT molecular complexity index is 1740. The number of aliphatic hydroxyl groups is 11. The van der Waals surface area contributed by atoms with Crippen molar-refractivity contribution >= 4 is 5.91 Å². The topological polar surface area (TPSA) is 307 Å². The third-order valence-corrected chi connectivity index (χ3v) is 17.7. The van der Waals surface area contributed by atoms with Crippen molar-refractivity contribution in [1.29, 1.82) is 0 Å². The summed E-state index contributed by atoms with van der Waals surface area (Å²) in [7, 11) is 0. The van der Waals surface area contributed by atoms with Gasteiger partial charge in [0.1, 0.15) is 73.2 Å². The van der Waals surface area contributed by atoms with Gasteiger partial charge in [-0.1, -0.05) is 243 Å². The van der Waals surface area contributed by atoms with E-state index in [0.717, 1.165) is 70.6 Å². The van der Waals surface area contributed by atoms with E-state index < -0.39 is 124 Å². The zero-order valence-corrected chi connectivity index (χ0v) is 54.5. The van der Waals surface area contributed by atoms with Crippen molar-refractivity contribution in [2.24, 2.45) is 0 Å². The summed E-state index contributed by atoms with van der Waals surface area (Å²) < 4.78 is 34.3. The molecule has 0 saturated carbocycles. The van der Waals surface area contributed by atoms with Crippen molar-refractivity contribution < 1.29 is 89.4 Å². The Morgan fingerprint density at radius 1 is 0.409 bits per heavy atom. The SMILES string of the molecule is CCCCCC/C=C\C/C=C\CCCCCCCC(=O)NC(COC1OC(CO)C(OC2OC(CO)C(OC3OC(CO)C(O)C(O)C3O)C(O)C2O)C(O)C1O)C(O)/C=C/CCCCCCCCCCCCCCCCCCCCCCCCCCC. The molecule has 17 unspecified atom stereocenters. The average molecular weight is 1260 g/mol. The lowest BCUT2D eigenvalue weighted by molar-refractivity contribution is -0.379. The molecule has 0 spiro atoms. The minimum atomic E-state index is -1.98. The Balaban J connectivity index is 1.43. The number of hydrogen-bond acceptors (Lipinski definition) is 18. The zero-order valence-electron chi connectivity index (χ0n) is 54.5. The highest BCUT2D eigenvalue weighted by molar-refractivity contribution is 5.76. The monoisotopic (exact) mass is 1260 g/mol. The maximum atomic E-state index is 13.4. The first-order valence-electron chi connectivity index (χ1n) is 35.2. The molecule has 0 bridgehead atoms. The molecule has 0 radical (unpaired) electrons. The van der Waals surface area contributed by atoms with E-state index in [1.54, 1.807) is 6.08 Å². The minimum Gasteiger partial charge on any atom is -0.394 e. The Labute approximate surface area is 530 Å². The van der Waals surface area contributed by atoms with E-state index in [0.29, 0.717) is 6.42 Å². The first kappa shape index (κ1) is 80.2. The van der Waals surface area contributed by atoms with Gasteiger partial charge in [-0.2, -0.15) is 0 Å². The maximum absolute atomic E-state index is 13.4. The van der Waals surface area contributed by atoms with E-state index in [1.807, 2.05) is 6.08 Å². The molecular formula is C69H127NO18. The van der Waals surface area contributed by atoms with Crippen LogP contribution in [0.15, 0.2) is 36.5 Å². The Morgan fingerprint density at radius 2 is 0.750 bits per heavy atom. The van der Waals surface area contributed by atoms with Crippen LogP contribution in [0.4, 0.5) is 0 Å². The van der Waals surface area contributed by atoms with Crippen molar-refractivity contribution in [3.05, 3.63) is 36.5 Å². The highest BCUT2D eigenvalue weighted by Crippen LogP contribution is 2.33. The highest BCUT2D eigenvalue weighted by Gasteiger charge is 2.53. The predicted molar refractivity (Wildman–Crippen MR) is 342 cm³/mol. The number of amides is 1. The van der Waals surface area contributed by atoms with E-state index in [2.05, 4.69) is 43.5 Å². The highest BCUT2D eigenvalue weighted by atomic mass is 16.8. The summed E-state index contributed by atoms with van der Waals surface area (Å²) in [5.74, 6) is -0.287. The third-order valence-electron chi connectivity index (χ3n) is 17.7. The fourth-order valence-electron chi connectivity index (χ4n) is 11.9. The quantitative estimate of drug-likeness (QED) is 0.0199. The van der Waals surface area contributed by atoms with Gasteiger partial charge in [0, 0.05) is 6.42 Å². The summed E-state index contributed by atoms with van der Waals surface area (Å²) in [6.45, 7) is 1.72. The van der Waals surface area contributed by atoms with Gasteiger partial charge in [0.2, 0.25) is 5.91 Å². The second kappa shape index (κ2) is 51.4. The second-order valence-corrected chi connectivity index (χ2v) is 25.3. The van der Waals surface area contributed by atoms with Gasteiger partial charge >= 0.3 is 0 Å². The molecule has 516 valence electrons. The van der Waals surface area contributed by atoms with Crippen molar-refractivity contribution in [2.75, 3.05) is 26.4 Å². The molecule has 0 aromatic carbocycles. The number of carbonyl (C=O) groups excluding carboxylic acids is 1. The van der Waals surface area contributed by atoms with Crippen molar-refractivity contribution in [3.63, 3.8) is 0 Å². The first-order chi connectivity index (χ1) is 42.8. The molecule has 3 saturated heterocycles. The van der Waals surface area contributed by atoms with Crippen LogP contribution in [0.2, 0.25) is 0 Å². The molecule has 3 fully saturated rings. The fraction of sp³-hybridized carbons (Fsp3) is 0.899. The second-order valence-electron chi connectivity index (χ2n) is 25.3. The van der Waals surface area contributed by atoms with Crippen LogP contribution < -0.4 is 5.32 Å². The van der Waals surface area contributed by atoms with Crippen LogP contribution in [-0.4, -0.2) is 193 Å². The lowest BCUT2D eigenvalue weighted by Gasteiger charge is -2.48. The number of nitrogens with one attached hydrogen (secondary N) is 1.